The van der Waals surface area contributed by atoms with Gasteiger partial charge in [-0.15, -0.1) is 27.8 Å². The number of amides is 1. The Morgan fingerprint density at radius 2 is 1.94 bits per heavy atom. The van der Waals surface area contributed by atoms with E-state index in [2.05, 4.69) is 15.4 Å². The van der Waals surface area contributed by atoms with Gasteiger partial charge in [0, 0.05) is 24.4 Å². The largest absolute Gasteiger partial charge is 0.493 e. The fraction of sp³-hybridized carbons (Fsp3) is 0.227. The number of hydrogen-bond acceptors (Lipinski definition) is 8. The predicted octanol–water partition coefficient (Wildman–Crippen LogP) is 3.92. The molecule has 0 aliphatic carbocycles. The molecule has 166 valence electrons. The Balaban J connectivity index is 1.37. The van der Waals surface area contributed by atoms with Gasteiger partial charge in [-0.1, -0.05) is 6.07 Å². The standard InChI is InChI=1S/C22H22N4O4S2/c1-28-16-11-14(12-17(29-2)20(16)30-3)6-7-19(27)23-9-8-15-13-32-22-24-21(25-26(15)22)18-5-4-10-31-18/h4-7,10-13H,8-9H2,1-3H3,(H,23,27). The second-order valence-corrected chi connectivity index (χ2v) is 8.45. The van der Waals surface area contributed by atoms with Crippen LogP contribution in [-0.2, 0) is 11.2 Å². The van der Waals surface area contributed by atoms with Gasteiger partial charge in [0.2, 0.25) is 16.6 Å². The van der Waals surface area contributed by atoms with Crippen molar-refractivity contribution >= 4 is 39.6 Å². The molecule has 0 bridgehead atoms. The van der Waals surface area contributed by atoms with Crippen molar-refractivity contribution in [3.8, 4) is 28.0 Å². The highest BCUT2D eigenvalue weighted by atomic mass is 32.1. The number of nitrogens with zero attached hydrogens (tertiary/aromatic N) is 3. The van der Waals surface area contributed by atoms with Gasteiger partial charge in [-0.3, -0.25) is 4.79 Å². The predicted molar refractivity (Wildman–Crippen MR) is 126 cm³/mol. The molecule has 0 fully saturated rings. The monoisotopic (exact) mass is 470 g/mol. The van der Waals surface area contributed by atoms with E-state index < -0.39 is 0 Å². The van der Waals surface area contributed by atoms with Crippen molar-refractivity contribution < 1.29 is 19.0 Å². The molecule has 3 heterocycles. The number of aromatic nitrogens is 3. The minimum atomic E-state index is -0.192. The number of rotatable bonds is 9. The van der Waals surface area contributed by atoms with Crippen LogP contribution in [0.15, 0.2) is 41.1 Å². The summed E-state index contributed by atoms with van der Waals surface area (Å²) < 4.78 is 17.8. The number of thiophene rings is 1. The smallest absolute Gasteiger partial charge is 0.244 e. The van der Waals surface area contributed by atoms with Crippen LogP contribution in [0.5, 0.6) is 17.2 Å². The lowest BCUT2D eigenvalue weighted by molar-refractivity contribution is -0.116. The van der Waals surface area contributed by atoms with Gasteiger partial charge >= 0.3 is 0 Å². The lowest BCUT2D eigenvalue weighted by atomic mass is 10.1. The Labute approximate surface area is 193 Å². The quantitative estimate of drug-likeness (QED) is 0.373. The minimum absolute atomic E-state index is 0.192. The summed E-state index contributed by atoms with van der Waals surface area (Å²) in [6, 6.07) is 7.55. The Kier molecular flexibility index (Phi) is 6.72. The third kappa shape index (κ3) is 4.61. The number of ether oxygens (including phenoxy) is 3. The van der Waals surface area contributed by atoms with Crippen LogP contribution < -0.4 is 19.5 Å². The topological polar surface area (TPSA) is 87.0 Å². The van der Waals surface area contributed by atoms with Crippen LogP contribution in [0.3, 0.4) is 0 Å². The second-order valence-electron chi connectivity index (χ2n) is 6.67. The van der Waals surface area contributed by atoms with Crippen LogP contribution in [0.4, 0.5) is 0 Å². The van der Waals surface area contributed by atoms with Gasteiger partial charge in [0.1, 0.15) is 0 Å². The zero-order chi connectivity index (χ0) is 22.5. The molecule has 0 spiro atoms. The molecule has 0 aliphatic heterocycles. The lowest BCUT2D eigenvalue weighted by Crippen LogP contribution is -2.23. The summed E-state index contributed by atoms with van der Waals surface area (Å²) in [4.78, 5) is 18.7. The first-order valence-electron chi connectivity index (χ1n) is 9.76. The van der Waals surface area contributed by atoms with E-state index in [1.807, 2.05) is 27.4 Å². The summed E-state index contributed by atoms with van der Waals surface area (Å²) in [6.45, 7) is 0.485. The van der Waals surface area contributed by atoms with Crippen molar-refractivity contribution in [2.24, 2.45) is 0 Å². The molecule has 4 aromatic rings. The van der Waals surface area contributed by atoms with Crippen molar-refractivity contribution in [3.05, 3.63) is 52.4 Å². The maximum absolute atomic E-state index is 12.3. The zero-order valence-electron chi connectivity index (χ0n) is 17.8. The number of carbonyl (C=O) groups excluding carboxylic acids is 1. The summed E-state index contributed by atoms with van der Waals surface area (Å²) in [6.07, 6.45) is 3.83. The minimum Gasteiger partial charge on any atom is -0.493 e. The number of methoxy groups -OCH3 is 3. The number of thiazole rings is 1. The Bertz CT molecular complexity index is 1220. The first-order valence-corrected chi connectivity index (χ1v) is 11.5. The molecular weight excluding hydrogens is 448 g/mol. The van der Waals surface area contributed by atoms with Gasteiger partial charge < -0.3 is 19.5 Å². The Morgan fingerprint density at radius 3 is 2.59 bits per heavy atom. The second kappa shape index (κ2) is 9.84. The van der Waals surface area contributed by atoms with Crippen LogP contribution in [0.2, 0.25) is 0 Å². The molecule has 0 atom stereocenters. The van der Waals surface area contributed by atoms with Crippen molar-refractivity contribution in [1.29, 1.82) is 0 Å². The van der Waals surface area contributed by atoms with Gasteiger partial charge in [0.15, 0.2) is 17.3 Å². The molecule has 0 saturated heterocycles. The van der Waals surface area contributed by atoms with Crippen molar-refractivity contribution in [2.75, 3.05) is 27.9 Å². The first-order chi connectivity index (χ1) is 15.6. The third-order valence-electron chi connectivity index (χ3n) is 4.69. The molecule has 0 aliphatic rings. The van der Waals surface area contributed by atoms with Crippen LogP contribution in [0.25, 0.3) is 21.7 Å². The average molecular weight is 471 g/mol. The lowest BCUT2D eigenvalue weighted by Gasteiger charge is -2.12. The van der Waals surface area contributed by atoms with Crippen molar-refractivity contribution in [3.63, 3.8) is 0 Å². The van der Waals surface area contributed by atoms with E-state index in [-0.39, 0.29) is 5.91 Å². The van der Waals surface area contributed by atoms with Gasteiger partial charge in [0.05, 0.1) is 31.9 Å². The van der Waals surface area contributed by atoms with Gasteiger partial charge in [-0.25, -0.2) is 4.52 Å². The van der Waals surface area contributed by atoms with Crippen LogP contribution in [0, 0.1) is 0 Å². The van der Waals surface area contributed by atoms with Crippen molar-refractivity contribution in [2.45, 2.75) is 6.42 Å². The van der Waals surface area contributed by atoms with Gasteiger partial charge in [-0.2, -0.15) is 4.98 Å². The molecule has 1 N–H and O–H groups in total. The fourth-order valence-corrected chi connectivity index (χ4v) is 4.66. The molecule has 1 amide bonds. The molecule has 0 radical (unpaired) electrons. The molecule has 0 saturated carbocycles. The molecule has 0 unspecified atom stereocenters. The summed E-state index contributed by atoms with van der Waals surface area (Å²) in [7, 11) is 4.65. The molecule has 10 heteroatoms. The number of benzene rings is 1. The SMILES string of the molecule is COc1cc(C=CC(=O)NCCc2csc3nc(-c4cccs4)nn23)cc(OC)c1OC. The molecular formula is C22H22N4O4S2. The van der Waals surface area contributed by atoms with E-state index in [0.717, 1.165) is 26.9 Å². The maximum Gasteiger partial charge on any atom is 0.244 e. The highest BCUT2D eigenvalue weighted by Gasteiger charge is 2.13. The van der Waals surface area contributed by atoms with E-state index >= 15 is 0 Å². The summed E-state index contributed by atoms with van der Waals surface area (Å²) in [5.74, 6) is 2.11. The van der Waals surface area contributed by atoms with Crippen LogP contribution in [-0.4, -0.2) is 48.4 Å². The molecule has 4 rings (SSSR count). The van der Waals surface area contributed by atoms with Gasteiger partial charge in [-0.05, 0) is 35.2 Å². The van der Waals surface area contributed by atoms with E-state index in [1.54, 1.807) is 62.2 Å². The number of fused-ring (bicyclic) bond motifs is 1. The maximum atomic E-state index is 12.3. The van der Waals surface area contributed by atoms with E-state index in [4.69, 9.17) is 14.2 Å². The van der Waals surface area contributed by atoms with Crippen LogP contribution in [0.1, 0.15) is 11.3 Å². The Hall–Kier alpha value is -3.37. The average Bonchev–Trinajstić information content (AvgIpc) is 3.55. The normalized spacial score (nSPS) is 11.2. The van der Waals surface area contributed by atoms with Crippen molar-refractivity contribution in [1.82, 2.24) is 19.9 Å². The van der Waals surface area contributed by atoms with E-state index in [0.29, 0.717) is 30.2 Å². The Morgan fingerprint density at radius 1 is 1.16 bits per heavy atom. The summed E-state index contributed by atoms with van der Waals surface area (Å²) in [5.41, 5.74) is 1.77. The summed E-state index contributed by atoms with van der Waals surface area (Å²) >= 11 is 3.15. The highest BCUT2D eigenvalue weighted by molar-refractivity contribution is 7.15. The molecule has 1 aromatic carbocycles. The van der Waals surface area contributed by atoms with E-state index in [1.165, 1.54) is 6.08 Å². The third-order valence-corrected chi connectivity index (χ3v) is 6.42. The molecule has 3 aromatic heterocycles. The fourth-order valence-electron chi connectivity index (χ4n) is 3.15. The molecule has 8 nitrogen and oxygen atoms in total. The zero-order valence-corrected chi connectivity index (χ0v) is 19.5. The number of hydrogen-bond donors (Lipinski definition) is 1. The number of nitrogens with one attached hydrogen (secondary N) is 1. The molecule has 32 heavy (non-hydrogen) atoms. The number of carbonyl (C=O) groups is 1. The first kappa shape index (κ1) is 21.8. The highest BCUT2D eigenvalue weighted by Crippen LogP contribution is 2.38. The van der Waals surface area contributed by atoms with E-state index in [9.17, 15) is 4.79 Å². The van der Waals surface area contributed by atoms with Gasteiger partial charge in [0.25, 0.3) is 0 Å². The summed E-state index contributed by atoms with van der Waals surface area (Å²) in [5, 5.41) is 11.5. The van der Waals surface area contributed by atoms with Crippen LogP contribution >= 0.6 is 22.7 Å².